The summed E-state index contributed by atoms with van der Waals surface area (Å²) in [6, 6.07) is 10.2. The average molecular weight is 305 g/mol. The van der Waals surface area contributed by atoms with Crippen LogP contribution in [0.15, 0.2) is 42.5 Å². The van der Waals surface area contributed by atoms with Crippen molar-refractivity contribution in [3.8, 4) is 5.75 Å². The zero-order valence-electron chi connectivity index (χ0n) is 12.5. The largest absolute Gasteiger partial charge is 0.493 e. The zero-order valence-corrected chi connectivity index (χ0v) is 12.5. The van der Waals surface area contributed by atoms with Gasteiger partial charge in [-0.15, -0.1) is 0 Å². The van der Waals surface area contributed by atoms with Gasteiger partial charge in [0, 0.05) is 25.2 Å². The van der Waals surface area contributed by atoms with Gasteiger partial charge < -0.3 is 9.64 Å². The molecule has 0 saturated heterocycles. The number of carbonyl (C=O) groups excluding carboxylic acids is 1. The Labute approximate surface area is 128 Å². The molecule has 3 nitrogen and oxygen atoms in total. The molecule has 2 aromatic carbocycles. The lowest BCUT2D eigenvalue weighted by Gasteiger charge is -2.19. The molecular formula is C17H17F2NO2. The minimum Gasteiger partial charge on any atom is -0.493 e. The van der Waals surface area contributed by atoms with Crippen LogP contribution in [-0.2, 0) is 6.54 Å². The second kappa shape index (κ2) is 7.02. The van der Waals surface area contributed by atoms with Crippen molar-refractivity contribution in [3.63, 3.8) is 0 Å². The summed E-state index contributed by atoms with van der Waals surface area (Å²) in [5.74, 6) is -1.11. The van der Waals surface area contributed by atoms with Crippen LogP contribution in [0.1, 0.15) is 22.8 Å². The van der Waals surface area contributed by atoms with Crippen LogP contribution >= 0.6 is 0 Å². The Kier molecular flexibility index (Phi) is 5.09. The summed E-state index contributed by atoms with van der Waals surface area (Å²) in [5, 5.41) is 0. The Morgan fingerprint density at radius 2 is 1.91 bits per heavy atom. The third kappa shape index (κ3) is 3.61. The number of para-hydroxylation sites is 1. The number of ether oxygens (including phenoxy) is 1. The molecule has 0 aliphatic rings. The summed E-state index contributed by atoms with van der Waals surface area (Å²) in [6.07, 6.45) is 0. The molecule has 0 atom stereocenters. The average Bonchev–Trinajstić information content (AvgIpc) is 2.50. The third-order valence-corrected chi connectivity index (χ3v) is 3.19. The molecule has 2 rings (SSSR count). The van der Waals surface area contributed by atoms with Crippen molar-refractivity contribution in [1.82, 2.24) is 4.90 Å². The first-order chi connectivity index (χ1) is 10.5. The molecule has 0 N–H and O–H groups in total. The van der Waals surface area contributed by atoms with Gasteiger partial charge in [0.1, 0.15) is 17.4 Å². The van der Waals surface area contributed by atoms with Crippen LogP contribution in [0, 0.1) is 11.6 Å². The maximum absolute atomic E-state index is 13.7. The first kappa shape index (κ1) is 15.9. The standard InChI is InChI=1S/C17H17F2NO2/c1-3-22-16-7-5-4-6-14(16)17(21)20(2)11-12-8-9-13(18)10-15(12)19/h4-10H,3,11H2,1-2H3. The van der Waals surface area contributed by atoms with E-state index in [0.717, 1.165) is 6.07 Å². The number of hydrogen-bond donors (Lipinski definition) is 0. The van der Waals surface area contributed by atoms with Crippen LogP contribution < -0.4 is 4.74 Å². The second-order valence-electron chi connectivity index (χ2n) is 4.83. The van der Waals surface area contributed by atoms with E-state index in [0.29, 0.717) is 17.9 Å². The van der Waals surface area contributed by atoms with Crippen molar-refractivity contribution < 1.29 is 18.3 Å². The molecule has 2 aromatic rings. The Hall–Kier alpha value is -2.43. The zero-order chi connectivity index (χ0) is 16.1. The topological polar surface area (TPSA) is 29.5 Å². The molecule has 0 radical (unpaired) electrons. The van der Waals surface area contributed by atoms with Gasteiger partial charge in [-0.1, -0.05) is 18.2 Å². The fourth-order valence-corrected chi connectivity index (χ4v) is 2.11. The third-order valence-electron chi connectivity index (χ3n) is 3.19. The number of rotatable bonds is 5. The van der Waals surface area contributed by atoms with E-state index in [9.17, 15) is 13.6 Å². The molecule has 0 aliphatic heterocycles. The molecular weight excluding hydrogens is 288 g/mol. The van der Waals surface area contributed by atoms with Gasteiger partial charge in [0.2, 0.25) is 0 Å². The predicted octanol–water partition coefficient (Wildman–Crippen LogP) is 3.64. The molecule has 0 bridgehead atoms. The molecule has 0 aromatic heterocycles. The first-order valence-corrected chi connectivity index (χ1v) is 6.94. The smallest absolute Gasteiger partial charge is 0.257 e. The number of hydrogen-bond acceptors (Lipinski definition) is 2. The number of amides is 1. The molecule has 0 spiro atoms. The summed E-state index contributed by atoms with van der Waals surface area (Å²) in [5.41, 5.74) is 0.667. The van der Waals surface area contributed by atoms with Crippen LogP contribution in [0.4, 0.5) is 8.78 Å². The molecule has 22 heavy (non-hydrogen) atoms. The minimum absolute atomic E-state index is 0.0470. The highest BCUT2D eigenvalue weighted by Gasteiger charge is 2.17. The van der Waals surface area contributed by atoms with Gasteiger partial charge in [-0.2, -0.15) is 0 Å². The summed E-state index contributed by atoms with van der Waals surface area (Å²) in [6.45, 7) is 2.32. The Balaban J connectivity index is 2.19. The summed E-state index contributed by atoms with van der Waals surface area (Å²) in [4.78, 5) is 13.8. The van der Waals surface area contributed by atoms with E-state index in [1.54, 1.807) is 31.3 Å². The van der Waals surface area contributed by atoms with Crippen molar-refractivity contribution in [2.24, 2.45) is 0 Å². The van der Waals surface area contributed by atoms with Gasteiger partial charge >= 0.3 is 0 Å². The lowest BCUT2D eigenvalue weighted by atomic mass is 10.1. The lowest BCUT2D eigenvalue weighted by molar-refractivity contribution is 0.0779. The number of halogens is 2. The molecule has 116 valence electrons. The minimum atomic E-state index is -0.669. The van der Waals surface area contributed by atoms with Crippen molar-refractivity contribution in [1.29, 1.82) is 0 Å². The molecule has 0 aliphatic carbocycles. The van der Waals surface area contributed by atoms with Crippen molar-refractivity contribution in [2.45, 2.75) is 13.5 Å². The highest BCUT2D eigenvalue weighted by molar-refractivity contribution is 5.96. The van der Waals surface area contributed by atoms with E-state index in [2.05, 4.69) is 0 Å². The fourth-order valence-electron chi connectivity index (χ4n) is 2.11. The maximum atomic E-state index is 13.7. The molecule has 1 amide bonds. The number of carbonyl (C=O) groups is 1. The van der Waals surface area contributed by atoms with Crippen molar-refractivity contribution >= 4 is 5.91 Å². The Morgan fingerprint density at radius 1 is 1.18 bits per heavy atom. The number of nitrogens with zero attached hydrogens (tertiary/aromatic N) is 1. The molecule has 0 fully saturated rings. The SMILES string of the molecule is CCOc1ccccc1C(=O)N(C)Cc1ccc(F)cc1F. The predicted molar refractivity (Wildman–Crippen MR) is 79.8 cm³/mol. The summed E-state index contributed by atoms with van der Waals surface area (Å²) in [7, 11) is 1.56. The van der Waals surface area contributed by atoms with Crippen LogP contribution in [-0.4, -0.2) is 24.5 Å². The van der Waals surface area contributed by atoms with E-state index < -0.39 is 11.6 Å². The fraction of sp³-hybridized carbons (Fsp3) is 0.235. The van der Waals surface area contributed by atoms with Crippen molar-refractivity contribution in [2.75, 3.05) is 13.7 Å². The van der Waals surface area contributed by atoms with Crippen molar-refractivity contribution in [3.05, 3.63) is 65.2 Å². The summed E-state index contributed by atoms with van der Waals surface area (Å²) >= 11 is 0. The van der Waals surface area contributed by atoms with E-state index in [1.807, 2.05) is 6.92 Å². The highest BCUT2D eigenvalue weighted by atomic mass is 19.1. The number of benzene rings is 2. The molecule has 5 heteroatoms. The van der Waals surface area contributed by atoms with E-state index >= 15 is 0 Å². The van der Waals surface area contributed by atoms with Gasteiger partial charge in [-0.25, -0.2) is 8.78 Å². The highest BCUT2D eigenvalue weighted by Crippen LogP contribution is 2.21. The summed E-state index contributed by atoms with van der Waals surface area (Å²) < 4.78 is 32.0. The van der Waals surface area contributed by atoms with Gasteiger partial charge in [-0.3, -0.25) is 4.79 Å². The van der Waals surface area contributed by atoms with Gasteiger partial charge in [0.15, 0.2) is 0 Å². The maximum Gasteiger partial charge on any atom is 0.257 e. The normalized spacial score (nSPS) is 10.4. The monoisotopic (exact) mass is 305 g/mol. The van der Waals surface area contributed by atoms with Crippen LogP contribution in [0.2, 0.25) is 0 Å². The van der Waals surface area contributed by atoms with Gasteiger partial charge in [0.25, 0.3) is 5.91 Å². The van der Waals surface area contributed by atoms with E-state index in [1.165, 1.54) is 17.0 Å². The van der Waals surface area contributed by atoms with E-state index in [4.69, 9.17) is 4.74 Å². The quantitative estimate of drug-likeness (QED) is 0.844. The molecule has 0 unspecified atom stereocenters. The second-order valence-corrected chi connectivity index (χ2v) is 4.83. The van der Waals surface area contributed by atoms with Gasteiger partial charge in [-0.05, 0) is 25.1 Å². The van der Waals surface area contributed by atoms with Gasteiger partial charge in [0.05, 0.1) is 12.2 Å². The van der Waals surface area contributed by atoms with E-state index in [-0.39, 0.29) is 18.0 Å². The lowest BCUT2D eigenvalue weighted by Crippen LogP contribution is -2.27. The Morgan fingerprint density at radius 3 is 2.59 bits per heavy atom. The van der Waals surface area contributed by atoms with Crippen LogP contribution in [0.25, 0.3) is 0 Å². The first-order valence-electron chi connectivity index (χ1n) is 6.94. The van der Waals surface area contributed by atoms with Crippen LogP contribution in [0.5, 0.6) is 5.75 Å². The van der Waals surface area contributed by atoms with Crippen LogP contribution in [0.3, 0.4) is 0 Å². The Bertz CT molecular complexity index is 673. The molecule has 0 heterocycles. The molecule has 0 saturated carbocycles.